The first-order chi connectivity index (χ1) is 20.1. The highest BCUT2D eigenvalue weighted by atomic mass is 31.2. The van der Waals surface area contributed by atoms with E-state index in [0.717, 1.165) is 5.39 Å². The number of nitrogens with two attached hydrogens (primary N) is 1. The number of hydrogen-bond donors (Lipinski definition) is 3. The molecule has 0 aliphatic carbocycles. The normalized spacial score (nSPS) is 17.3. The summed E-state index contributed by atoms with van der Waals surface area (Å²) >= 11 is 0. The summed E-state index contributed by atoms with van der Waals surface area (Å²) in [7, 11) is -2.83. The number of benzene rings is 2. The number of nitrogens with zero attached hydrogens (tertiary/aromatic N) is 4. The van der Waals surface area contributed by atoms with Crippen molar-refractivity contribution in [3.8, 4) is 11.6 Å². The van der Waals surface area contributed by atoms with Gasteiger partial charge in [0.25, 0.3) is 0 Å². The number of aliphatic hydroxyl groups excluding tert-OH is 1. The van der Waals surface area contributed by atoms with Crippen molar-refractivity contribution in [2.24, 2.45) is 0 Å². The minimum atomic E-state index is -4.26. The lowest BCUT2D eigenvalue weighted by molar-refractivity contribution is -0.149. The first-order valence-electron chi connectivity index (χ1n) is 13.1. The number of carbonyl (C=O) groups excluding carboxylic acids is 1. The molecule has 1 aliphatic heterocycles. The number of nitrogen functional groups attached to an aromatic ring is 1. The number of nitrogens with one attached hydrogen (secondary N) is 1. The van der Waals surface area contributed by atoms with Gasteiger partial charge in [-0.05, 0) is 32.2 Å². The number of rotatable bonds is 11. The van der Waals surface area contributed by atoms with Crippen molar-refractivity contribution < 1.29 is 37.7 Å². The van der Waals surface area contributed by atoms with Gasteiger partial charge in [-0.25, -0.2) is 9.55 Å². The molecule has 2 aromatic carbocycles. The number of esters is 1. The van der Waals surface area contributed by atoms with Crippen LogP contribution in [0.1, 0.15) is 33.4 Å². The fourth-order valence-electron chi connectivity index (χ4n) is 4.35. The lowest BCUT2D eigenvalue weighted by Crippen LogP contribution is -2.36. The summed E-state index contributed by atoms with van der Waals surface area (Å²) in [6, 6.07) is 11.6. The van der Waals surface area contributed by atoms with Crippen molar-refractivity contribution in [3.05, 3.63) is 60.3 Å². The molecule has 2 unspecified atom stereocenters. The highest BCUT2D eigenvalue weighted by molar-refractivity contribution is 7.52. The lowest BCUT2D eigenvalue weighted by Gasteiger charge is -2.24. The Labute approximate surface area is 241 Å². The van der Waals surface area contributed by atoms with E-state index in [1.165, 1.54) is 20.4 Å². The molecule has 42 heavy (non-hydrogen) atoms. The van der Waals surface area contributed by atoms with Crippen LogP contribution in [0.2, 0.25) is 0 Å². The maximum absolute atomic E-state index is 14.1. The van der Waals surface area contributed by atoms with Crippen molar-refractivity contribution >= 4 is 41.6 Å². The van der Waals surface area contributed by atoms with Gasteiger partial charge in [0.1, 0.15) is 30.5 Å². The third-order valence-electron chi connectivity index (χ3n) is 6.27. The molecular weight excluding hydrogens is 567 g/mol. The number of fused-ring (bicyclic) bond motifs is 2. The third kappa shape index (κ3) is 6.10. The molecule has 4 N–H and O–H groups in total. The Hall–Kier alpha value is -4.39. The fourth-order valence-corrected chi connectivity index (χ4v) is 5.81. The van der Waals surface area contributed by atoms with Gasteiger partial charge in [0.2, 0.25) is 11.8 Å². The Bertz CT molecular complexity index is 1700. The largest absolute Gasteiger partial charge is 0.508 e. The van der Waals surface area contributed by atoms with Gasteiger partial charge in [-0.3, -0.25) is 13.9 Å². The Kier molecular flexibility index (Phi) is 8.21. The van der Waals surface area contributed by atoms with E-state index >= 15 is 0 Å². The van der Waals surface area contributed by atoms with E-state index in [4.69, 9.17) is 29.0 Å². The number of hydrogen-bond acceptors (Lipinski definition) is 12. The molecular formula is C27H31N6O8P. The van der Waals surface area contributed by atoms with Gasteiger partial charge in [0.05, 0.1) is 19.6 Å². The van der Waals surface area contributed by atoms with Crippen LogP contribution in [0, 0.1) is 0 Å². The number of methoxy groups -OCH3 is 1. The Morgan fingerprint density at radius 3 is 2.74 bits per heavy atom. The molecule has 3 heterocycles. The maximum atomic E-state index is 14.1. The van der Waals surface area contributed by atoms with E-state index in [9.17, 15) is 14.5 Å². The highest BCUT2D eigenvalue weighted by Crippen LogP contribution is 2.48. The van der Waals surface area contributed by atoms with Crippen LogP contribution in [-0.2, 0) is 23.4 Å². The number of aliphatic hydroxyl groups is 1. The van der Waals surface area contributed by atoms with E-state index in [0.29, 0.717) is 16.6 Å². The summed E-state index contributed by atoms with van der Waals surface area (Å²) in [4.78, 5) is 25.0. The number of ether oxygens (including phenoxy) is 3. The summed E-state index contributed by atoms with van der Waals surface area (Å²) in [6.45, 7) is 4.45. The van der Waals surface area contributed by atoms with Crippen LogP contribution in [0.3, 0.4) is 0 Å². The molecule has 0 bridgehead atoms. The van der Waals surface area contributed by atoms with Crippen LogP contribution in [0.4, 0.5) is 5.95 Å². The molecule has 0 amide bonds. The van der Waals surface area contributed by atoms with E-state index < -0.39 is 32.6 Å². The van der Waals surface area contributed by atoms with Crippen molar-refractivity contribution in [1.29, 1.82) is 0 Å². The standard InChI is InChI=1S/C27H31N6O8P/c1-15(2)39-26(35)16(3)32-42(36,41-20-11-7-9-17-8-5-6-10-18(17)20)38-13-21-19(34)12-22(40-21)33-14-29-23-24(33)30-27(28)31-25(23)37-4/h5-11,14-16,22,34H,12-13H2,1-4H3,(H,32,36)(H2,28,30,31)/t16?,22-,42?/m1/s1. The highest BCUT2D eigenvalue weighted by Gasteiger charge is 2.36. The summed E-state index contributed by atoms with van der Waals surface area (Å²) in [5.74, 6) is -0.331. The van der Waals surface area contributed by atoms with Crippen LogP contribution in [0.25, 0.3) is 21.9 Å². The van der Waals surface area contributed by atoms with Gasteiger partial charge in [0.15, 0.2) is 23.2 Å². The third-order valence-corrected chi connectivity index (χ3v) is 7.88. The first kappa shape index (κ1) is 29.1. The minimum Gasteiger partial charge on any atom is -0.508 e. The van der Waals surface area contributed by atoms with Crippen LogP contribution >= 0.6 is 7.75 Å². The fraction of sp³-hybridized carbons (Fsp3) is 0.333. The van der Waals surface area contributed by atoms with Gasteiger partial charge >= 0.3 is 13.7 Å². The predicted octanol–water partition coefficient (Wildman–Crippen LogP) is 4.39. The second-order valence-corrected chi connectivity index (χ2v) is 11.4. The Morgan fingerprint density at radius 1 is 1.21 bits per heavy atom. The van der Waals surface area contributed by atoms with Gasteiger partial charge in [-0.2, -0.15) is 15.1 Å². The van der Waals surface area contributed by atoms with E-state index in [1.54, 1.807) is 30.5 Å². The summed E-state index contributed by atoms with van der Waals surface area (Å²) in [5.41, 5.74) is 6.51. The molecule has 222 valence electrons. The number of anilines is 1. The smallest absolute Gasteiger partial charge is 0.459 e. The molecule has 0 saturated heterocycles. The topological polar surface area (TPSA) is 182 Å². The zero-order chi connectivity index (χ0) is 30.0. The minimum absolute atomic E-state index is 0.0109. The average Bonchev–Trinajstić information content (AvgIpc) is 3.54. The van der Waals surface area contributed by atoms with Crippen LogP contribution < -0.4 is 20.1 Å². The monoisotopic (exact) mass is 598 g/mol. The summed E-state index contributed by atoms with van der Waals surface area (Å²) in [5, 5.41) is 14.9. The molecule has 2 aromatic heterocycles. The molecule has 0 spiro atoms. The van der Waals surface area contributed by atoms with Crippen molar-refractivity contribution in [2.75, 3.05) is 19.5 Å². The van der Waals surface area contributed by atoms with Crippen molar-refractivity contribution in [1.82, 2.24) is 24.6 Å². The molecule has 4 aromatic rings. The SMILES string of the molecule is COc1nc(N)nc2c1ncn2[C@H]1CC(O)=C(COP(=O)(NC(C)C(=O)OC(C)C)Oc2cccc3ccccc23)O1. The molecule has 3 atom stereocenters. The first-order valence-corrected chi connectivity index (χ1v) is 14.6. The molecule has 14 nitrogen and oxygen atoms in total. The van der Waals surface area contributed by atoms with Gasteiger partial charge in [-0.15, -0.1) is 0 Å². The van der Waals surface area contributed by atoms with E-state index in [2.05, 4.69) is 20.0 Å². The van der Waals surface area contributed by atoms with Gasteiger partial charge in [0, 0.05) is 5.39 Å². The van der Waals surface area contributed by atoms with Gasteiger partial charge in [-0.1, -0.05) is 36.4 Å². The average molecular weight is 599 g/mol. The zero-order valence-corrected chi connectivity index (χ0v) is 24.3. The second-order valence-electron chi connectivity index (χ2n) is 9.74. The molecule has 0 radical (unpaired) electrons. The molecule has 0 saturated carbocycles. The van der Waals surface area contributed by atoms with Crippen LogP contribution in [-0.4, -0.2) is 56.5 Å². The number of aromatic nitrogens is 4. The van der Waals surface area contributed by atoms with E-state index in [1.807, 2.05) is 30.3 Å². The number of imidazole rings is 1. The summed E-state index contributed by atoms with van der Waals surface area (Å²) < 4.78 is 43.8. The Morgan fingerprint density at radius 2 is 1.98 bits per heavy atom. The number of carbonyl (C=O) groups is 1. The van der Waals surface area contributed by atoms with Crippen LogP contribution in [0.15, 0.2) is 60.3 Å². The second kappa shape index (κ2) is 11.8. The van der Waals surface area contributed by atoms with Crippen molar-refractivity contribution in [3.63, 3.8) is 0 Å². The maximum Gasteiger partial charge on any atom is 0.459 e. The van der Waals surface area contributed by atoms with Gasteiger partial charge < -0.3 is 29.6 Å². The predicted molar refractivity (Wildman–Crippen MR) is 153 cm³/mol. The Balaban J connectivity index is 1.37. The summed E-state index contributed by atoms with van der Waals surface area (Å²) in [6.07, 6.45) is 0.349. The molecule has 5 rings (SSSR count). The molecule has 15 heteroatoms. The van der Waals surface area contributed by atoms with Crippen molar-refractivity contribution in [2.45, 2.75) is 45.6 Å². The lowest BCUT2D eigenvalue weighted by atomic mass is 10.1. The van der Waals surface area contributed by atoms with Crippen LogP contribution in [0.5, 0.6) is 11.6 Å². The zero-order valence-electron chi connectivity index (χ0n) is 23.4. The molecule has 1 aliphatic rings. The van der Waals surface area contributed by atoms with E-state index in [-0.39, 0.29) is 41.6 Å². The molecule has 0 fully saturated rings. The quantitative estimate of drug-likeness (QED) is 0.163.